The van der Waals surface area contributed by atoms with Gasteiger partial charge in [0.05, 0.1) is 5.60 Å². The topological polar surface area (TPSA) is 73.8 Å². The maximum absolute atomic E-state index is 13.8. The minimum atomic E-state index is -1.12. The van der Waals surface area contributed by atoms with Crippen molar-refractivity contribution in [2.75, 3.05) is 25.0 Å². The highest BCUT2D eigenvalue weighted by molar-refractivity contribution is 9.10. The molecule has 0 aromatic heterocycles. The molecule has 0 unspecified atom stereocenters. The van der Waals surface area contributed by atoms with Gasteiger partial charge in [0, 0.05) is 41.2 Å². The Balaban J connectivity index is 1.29. The highest BCUT2D eigenvalue weighted by Crippen LogP contribution is 2.29. The second-order valence-electron chi connectivity index (χ2n) is 9.07. The van der Waals surface area contributed by atoms with E-state index in [1.807, 2.05) is 42.5 Å². The summed E-state index contributed by atoms with van der Waals surface area (Å²) in [6, 6.07) is 15.9. The first-order valence-corrected chi connectivity index (χ1v) is 13.0. The van der Waals surface area contributed by atoms with E-state index in [2.05, 4.69) is 31.5 Å². The molecule has 4 rings (SSSR count). The highest BCUT2D eigenvalue weighted by Gasteiger charge is 2.33. The van der Waals surface area contributed by atoms with Gasteiger partial charge in [-0.05, 0) is 60.9 Å². The first-order chi connectivity index (χ1) is 17.7. The molecule has 3 aromatic rings. The fourth-order valence-electron chi connectivity index (χ4n) is 4.12. The predicted octanol–water partition coefficient (Wildman–Crippen LogP) is 6.11. The van der Waals surface area contributed by atoms with Crippen LogP contribution in [0.2, 0.25) is 5.02 Å². The van der Waals surface area contributed by atoms with E-state index in [-0.39, 0.29) is 6.54 Å². The standard InChI is InChI=1S/C27H27BrClF2N3O3/c28-20-6-9-24(37-16-18-4-7-21(29)8-5-18)19(14-20)15-34-12-10-27(36,11-13-34)17-32-26(35)33-25-22(30)2-1-3-23(25)31/h1-9,14,36H,10-13,15-17H2,(H2,32,33,35). The van der Waals surface area contributed by atoms with Crippen LogP contribution in [0.15, 0.2) is 65.1 Å². The average Bonchev–Trinajstić information content (AvgIpc) is 2.87. The average molecular weight is 595 g/mol. The largest absolute Gasteiger partial charge is 0.489 e. The fourth-order valence-corrected chi connectivity index (χ4v) is 4.65. The molecule has 1 fully saturated rings. The molecule has 1 aliphatic rings. The van der Waals surface area contributed by atoms with Crippen LogP contribution in [0.1, 0.15) is 24.0 Å². The van der Waals surface area contributed by atoms with Crippen molar-refractivity contribution in [3.8, 4) is 5.75 Å². The molecular formula is C27H27BrClF2N3O3. The molecular weight excluding hydrogens is 568 g/mol. The van der Waals surface area contributed by atoms with Gasteiger partial charge in [-0.1, -0.05) is 45.7 Å². The number of piperidine rings is 1. The zero-order valence-corrected chi connectivity index (χ0v) is 22.3. The lowest BCUT2D eigenvalue weighted by molar-refractivity contribution is -0.0196. The summed E-state index contributed by atoms with van der Waals surface area (Å²) in [4.78, 5) is 14.4. The quantitative estimate of drug-likeness (QED) is 0.294. The van der Waals surface area contributed by atoms with Gasteiger partial charge in [0.25, 0.3) is 0 Å². The number of likely N-dealkylation sites (tertiary alicyclic amines) is 1. The van der Waals surface area contributed by atoms with Crippen LogP contribution in [0.3, 0.4) is 0 Å². The molecule has 10 heteroatoms. The van der Waals surface area contributed by atoms with Gasteiger partial charge in [0.15, 0.2) is 0 Å². The van der Waals surface area contributed by atoms with Crippen LogP contribution < -0.4 is 15.4 Å². The van der Waals surface area contributed by atoms with E-state index in [4.69, 9.17) is 16.3 Å². The lowest BCUT2D eigenvalue weighted by Gasteiger charge is -2.38. The van der Waals surface area contributed by atoms with Crippen LogP contribution in [-0.2, 0) is 13.2 Å². The smallest absolute Gasteiger partial charge is 0.319 e. The number of nitrogens with one attached hydrogen (secondary N) is 2. The van der Waals surface area contributed by atoms with Gasteiger partial charge in [0.1, 0.15) is 29.7 Å². The lowest BCUT2D eigenvalue weighted by Crippen LogP contribution is -2.51. The summed E-state index contributed by atoms with van der Waals surface area (Å²) in [5, 5.41) is 16.3. The summed E-state index contributed by atoms with van der Waals surface area (Å²) in [6.45, 7) is 2.22. The molecule has 0 saturated carbocycles. The van der Waals surface area contributed by atoms with Crippen molar-refractivity contribution in [1.29, 1.82) is 0 Å². The summed E-state index contributed by atoms with van der Waals surface area (Å²) < 4.78 is 34.5. The second kappa shape index (κ2) is 12.2. The maximum atomic E-state index is 13.8. The Morgan fingerprint density at radius 3 is 2.43 bits per heavy atom. The van der Waals surface area contributed by atoms with Crippen LogP contribution in [-0.4, -0.2) is 41.3 Å². The lowest BCUT2D eigenvalue weighted by atomic mass is 9.91. The minimum absolute atomic E-state index is 0.0327. The number of carbonyl (C=O) groups excluding carboxylic acids is 1. The molecule has 0 radical (unpaired) electrons. The Morgan fingerprint density at radius 2 is 1.76 bits per heavy atom. The van der Waals surface area contributed by atoms with Crippen molar-refractivity contribution >= 4 is 39.2 Å². The van der Waals surface area contributed by atoms with Crippen molar-refractivity contribution in [3.63, 3.8) is 0 Å². The van der Waals surface area contributed by atoms with Gasteiger partial charge in [0.2, 0.25) is 0 Å². The third kappa shape index (κ3) is 7.64. The third-order valence-corrected chi connectivity index (χ3v) is 7.04. The maximum Gasteiger partial charge on any atom is 0.319 e. The first-order valence-electron chi connectivity index (χ1n) is 11.8. The van der Waals surface area contributed by atoms with E-state index in [0.717, 1.165) is 33.5 Å². The Bertz CT molecular complexity index is 1220. The molecule has 0 bridgehead atoms. The van der Waals surface area contributed by atoms with Crippen LogP contribution in [0, 0.1) is 11.6 Å². The van der Waals surface area contributed by atoms with Gasteiger partial charge in [-0.15, -0.1) is 0 Å². The number of hydrogen-bond donors (Lipinski definition) is 3. The first kappa shape index (κ1) is 27.3. The number of hydrogen-bond acceptors (Lipinski definition) is 4. The number of aliphatic hydroxyl groups is 1. The molecule has 37 heavy (non-hydrogen) atoms. The van der Waals surface area contributed by atoms with E-state index in [1.54, 1.807) is 0 Å². The number of rotatable bonds is 8. The van der Waals surface area contributed by atoms with Crippen LogP contribution in [0.5, 0.6) is 5.75 Å². The van der Waals surface area contributed by atoms with E-state index in [0.29, 0.717) is 44.1 Å². The fraction of sp³-hybridized carbons (Fsp3) is 0.296. The van der Waals surface area contributed by atoms with E-state index in [9.17, 15) is 18.7 Å². The van der Waals surface area contributed by atoms with Gasteiger partial charge in [-0.3, -0.25) is 4.90 Å². The van der Waals surface area contributed by atoms with Crippen molar-refractivity contribution in [3.05, 3.63) is 92.9 Å². The van der Waals surface area contributed by atoms with Gasteiger partial charge in [-0.25, -0.2) is 13.6 Å². The summed E-state index contributed by atoms with van der Waals surface area (Å²) >= 11 is 9.49. The van der Waals surface area contributed by atoms with Crippen LogP contribution in [0.25, 0.3) is 0 Å². The summed E-state index contributed by atoms with van der Waals surface area (Å²) in [6.07, 6.45) is 0.854. The number of amides is 2. The number of anilines is 1. The number of carbonyl (C=O) groups is 1. The predicted molar refractivity (Wildman–Crippen MR) is 143 cm³/mol. The molecule has 2 amide bonds. The number of nitrogens with zero attached hydrogens (tertiary/aromatic N) is 1. The summed E-state index contributed by atoms with van der Waals surface area (Å²) in [5.41, 5.74) is 0.381. The molecule has 0 aliphatic carbocycles. The zero-order valence-electron chi connectivity index (χ0n) is 19.9. The number of urea groups is 1. The molecule has 196 valence electrons. The summed E-state index contributed by atoms with van der Waals surface area (Å²) in [7, 11) is 0. The van der Waals surface area contributed by atoms with Gasteiger partial charge < -0.3 is 20.5 Å². The van der Waals surface area contributed by atoms with Crippen molar-refractivity contribution in [2.24, 2.45) is 0 Å². The Hall–Kier alpha value is -2.72. The van der Waals surface area contributed by atoms with E-state index in [1.165, 1.54) is 6.07 Å². The molecule has 3 aromatic carbocycles. The number of ether oxygens (including phenoxy) is 1. The SMILES string of the molecule is O=C(NCC1(O)CCN(Cc2cc(Br)ccc2OCc2ccc(Cl)cc2)CC1)Nc1c(F)cccc1F. The number of halogens is 4. The van der Waals surface area contributed by atoms with E-state index >= 15 is 0 Å². The number of para-hydroxylation sites is 1. The molecule has 1 heterocycles. The minimum Gasteiger partial charge on any atom is -0.489 e. The van der Waals surface area contributed by atoms with E-state index < -0.39 is 29.0 Å². The van der Waals surface area contributed by atoms with Crippen LogP contribution >= 0.6 is 27.5 Å². The molecule has 3 N–H and O–H groups in total. The third-order valence-electron chi connectivity index (χ3n) is 6.29. The molecule has 1 saturated heterocycles. The van der Waals surface area contributed by atoms with Gasteiger partial charge in [-0.2, -0.15) is 0 Å². The Kier molecular flexibility index (Phi) is 9.02. The van der Waals surface area contributed by atoms with Crippen molar-refractivity contribution < 1.29 is 23.4 Å². The Labute approximate surface area is 227 Å². The summed E-state index contributed by atoms with van der Waals surface area (Å²) in [5.74, 6) is -0.963. The number of benzene rings is 3. The second-order valence-corrected chi connectivity index (χ2v) is 10.4. The van der Waals surface area contributed by atoms with Crippen molar-refractivity contribution in [2.45, 2.75) is 31.6 Å². The molecule has 0 spiro atoms. The van der Waals surface area contributed by atoms with Crippen LogP contribution in [0.4, 0.5) is 19.3 Å². The van der Waals surface area contributed by atoms with Crippen molar-refractivity contribution in [1.82, 2.24) is 10.2 Å². The Morgan fingerprint density at radius 1 is 1.08 bits per heavy atom. The van der Waals surface area contributed by atoms with Gasteiger partial charge >= 0.3 is 6.03 Å². The monoisotopic (exact) mass is 593 g/mol. The normalized spacial score (nSPS) is 15.3. The molecule has 0 atom stereocenters. The zero-order chi connectivity index (χ0) is 26.4. The highest BCUT2D eigenvalue weighted by atomic mass is 79.9. The molecule has 6 nitrogen and oxygen atoms in total. The molecule has 1 aliphatic heterocycles.